The topological polar surface area (TPSA) is 59.7 Å². The fourth-order valence-corrected chi connectivity index (χ4v) is 3.57. The molecule has 6 nitrogen and oxygen atoms in total. The second-order valence-electron chi connectivity index (χ2n) is 8.26. The molecule has 1 aromatic heterocycles. The van der Waals surface area contributed by atoms with Crippen LogP contribution in [0.1, 0.15) is 57.8 Å². The van der Waals surface area contributed by atoms with Crippen LogP contribution in [-0.4, -0.2) is 36.1 Å². The first-order valence-corrected chi connectivity index (χ1v) is 11.8. The van der Waals surface area contributed by atoms with Crippen LogP contribution >= 0.6 is 15.9 Å². The Labute approximate surface area is 198 Å². The zero-order valence-corrected chi connectivity index (χ0v) is 21.2. The van der Waals surface area contributed by atoms with Crippen molar-refractivity contribution < 1.29 is 4.74 Å². The fourth-order valence-electron chi connectivity index (χ4n) is 3.21. The molecule has 0 N–H and O–H groups in total. The third-order valence-electron chi connectivity index (χ3n) is 5.62. The largest absolute Gasteiger partial charge is 0.490 e. The van der Waals surface area contributed by atoms with E-state index >= 15 is 0 Å². The lowest BCUT2D eigenvalue weighted by molar-refractivity contribution is 0.217. The third kappa shape index (κ3) is 5.21. The van der Waals surface area contributed by atoms with Gasteiger partial charge in [-0.15, -0.1) is 0 Å². The van der Waals surface area contributed by atoms with Gasteiger partial charge in [-0.2, -0.15) is 9.78 Å². The maximum absolute atomic E-state index is 13.3. The summed E-state index contributed by atoms with van der Waals surface area (Å²) in [6, 6.07) is 11.5. The Morgan fingerprint density at radius 2 is 1.91 bits per heavy atom. The van der Waals surface area contributed by atoms with Gasteiger partial charge in [0.15, 0.2) is 0 Å². The van der Waals surface area contributed by atoms with Gasteiger partial charge in [0.2, 0.25) is 0 Å². The van der Waals surface area contributed by atoms with E-state index in [1.54, 1.807) is 12.3 Å². The standard InChI is InChI=1S/C25H31BrN4O2/c1-7-16(3)24-28-22-12-10-19(26)13-21(22)25(31)30(24)27-15-18-9-11-20(29(5)6)14-23(18)32-17(4)8-2/h9-17H,7-8H2,1-6H3/t16-,17+/m0/s1. The number of hydrogen-bond acceptors (Lipinski definition) is 5. The molecular formula is C25H31BrN4O2. The highest BCUT2D eigenvalue weighted by atomic mass is 79.9. The van der Waals surface area contributed by atoms with Crippen LogP contribution in [0.15, 0.2) is 50.8 Å². The minimum atomic E-state index is -0.183. The van der Waals surface area contributed by atoms with Gasteiger partial charge < -0.3 is 9.64 Å². The average molecular weight is 499 g/mol. The molecule has 0 spiro atoms. The lowest BCUT2D eigenvalue weighted by Crippen LogP contribution is -2.23. The molecule has 0 fully saturated rings. The quantitative estimate of drug-likeness (QED) is 0.368. The number of benzene rings is 2. The second kappa shape index (κ2) is 10.3. The van der Waals surface area contributed by atoms with Crippen LogP contribution in [0.2, 0.25) is 0 Å². The van der Waals surface area contributed by atoms with Gasteiger partial charge in [0.05, 0.1) is 23.2 Å². The van der Waals surface area contributed by atoms with Crippen molar-refractivity contribution in [1.29, 1.82) is 0 Å². The SMILES string of the molecule is CC[C@@H](C)Oc1cc(N(C)C)ccc1C=Nn1c([C@@H](C)CC)nc2ccc(Br)cc2c1=O. The number of anilines is 1. The first-order valence-electron chi connectivity index (χ1n) is 11.0. The molecule has 0 amide bonds. The number of ether oxygens (including phenoxy) is 1. The second-order valence-corrected chi connectivity index (χ2v) is 9.17. The third-order valence-corrected chi connectivity index (χ3v) is 6.11. The first kappa shape index (κ1) is 24.0. The van der Waals surface area contributed by atoms with Crippen molar-refractivity contribution >= 4 is 38.7 Å². The van der Waals surface area contributed by atoms with E-state index in [-0.39, 0.29) is 17.6 Å². The number of hydrogen-bond donors (Lipinski definition) is 0. The Morgan fingerprint density at radius 1 is 1.16 bits per heavy atom. The fraction of sp³-hybridized carbons (Fsp3) is 0.400. The molecule has 2 atom stereocenters. The zero-order valence-electron chi connectivity index (χ0n) is 19.6. The highest BCUT2D eigenvalue weighted by Crippen LogP contribution is 2.26. The van der Waals surface area contributed by atoms with Gasteiger partial charge in [0.1, 0.15) is 11.6 Å². The number of nitrogens with zero attached hydrogens (tertiary/aromatic N) is 4. The van der Waals surface area contributed by atoms with Gasteiger partial charge in [-0.3, -0.25) is 4.79 Å². The van der Waals surface area contributed by atoms with Crippen LogP contribution in [0.5, 0.6) is 5.75 Å². The number of aromatic nitrogens is 2. The maximum Gasteiger partial charge on any atom is 0.282 e. The van der Waals surface area contributed by atoms with Gasteiger partial charge >= 0.3 is 0 Å². The van der Waals surface area contributed by atoms with Gasteiger partial charge in [0, 0.05) is 41.8 Å². The molecule has 0 aliphatic heterocycles. The van der Waals surface area contributed by atoms with E-state index in [1.807, 2.05) is 56.3 Å². The van der Waals surface area contributed by atoms with Crippen molar-refractivity contribution in [3.63, 3.8) is 0 Å². The van der Waals surface area contributed by atoms with Crippen molar-refractivity contribution in [3.8, 4) is 5.75 Å². The zero-order chi connectivity index (χ0) is 23.4. The Bertz CT molecular complexity index is 1190. The van der Waals surface area contributed by atoms with Crippen LogP contribution < -0.4 is 15.2 Å². The van der Waals surface area contributed by atoms with Gasteiger partial charge in [-0.1, -0.05) is 36.7 Å². The molecular weight excluding hydrogens is 468 g/mol. The molecule has 0 aliphatic carbocycles. The highest BCUT2D eigenvalue weighted by Gasteiger charge is 2.16. The number of rotatable bonds is 8. The summed E-state index contributed by atoms with van der Waals surface area (Å²) in [7, 11) is 3.99. The van der Waals surface area contributed by atoms with Crippen molar-refractivity contribution in [2.75, 3.05) is 19.0 Å². The summed E-state index contributed by atoms with van der Waals surface area (Å²) in [5, 5.41) is 5.13. The number of fused-ring (bicyclic) bond motifs is 1. The maximum atomic E-state index is 13.3. The lowest BCUT2D eigenvalue weighted by atomic mass is 10.1. The summed E-state index contributed by atoms with van der Waals surface area (Å²) in [6.45, 7) is 8.27. The first-order chi connectivity index (χ1) is 15.2. The van der Waals surface area contributed by atoms with E-state index in [9.17, 15) is 4.79 Å². The summed E-state index contributed by atoms with van der Waals surface area (Å²) >= 11 is 3.45. The van der Waals surface area contributed by atoms with E-state index in [4.69, 9.17) is 9.72 Å². The summed E-state index contributed by atoms with van der Waals surface area (Å²) in [5.74, 6) is 1.47. The Hall–Kier alpha value is -2.67. The molecule has 170 valence electrons. The lowest BCUT2D eigenvalue weighted by Gasteiger charge is -2.19. The molecule has 0 saturated carbocycles. The Kier molecular flexibility index (Phi) is 7.72. The van der Waals surface area contributed by atoms with E-state index in [1.165, 1.54) is 4.68 Å². The van der Waals surface area contributed by atoms with Gasteiger partial charge in [0.25, 0.3) is 5.56 Å². The normalized spacial score (nSPS) is 13.5. The highest BCUT2D eigenvalue weighted by molar-refractivity contribution is 9.10. The van der Waals surface area contributed by atoms with Crippen molar-refractivity contribution in [2.24, 2.45) is 5.10 Å². The molecule has 0 aliphatic rings. The molecule has 3 aromatic rings. The van der Waals surface area contributed by atoms with Crippen molar-refractivity contribution in [3.05, 3.63) is 62.6 Å². The van der Waals surface area contributed by atoms with Gasteiger partial charge in [-0.25, -0.2) is 4.98 Å². The van der Waals surface area contributed by atoms with E-state index in [0.717, 1.165) is 34.3 Å². The van der Waals surface area contributed by atoms with Crippen molar-refractivity contribution in [2.45, 2.75) is 52.6 Å². The van der Waals surface area contributed by atoms with Crippen molar-refractivity contribution in [1.82, 2.24) is 9.66 Å². The predicted molar refractivity (Wildman–Crippen MR) is 137 cm³/mol. The molecule has 1 heterocycles. The smallest absolute Gasteiger partial charge is 0.282 e. The van der Waals surface area contributed by atoms with E-state index < -0.39 is 0 Å². The molecule has 0 saturated heterocycles. The molecule has 0 radical (unpaired) electrons. The number of halogens is 1. The van der Waals surface area contributed by atoms with E-state index in [2.05, 4.69) is 41.8 Å². The molecule has 3 rings (SSSR count). The summed E-state index contributed by atoms with van der Waals surface area (Å²) in [4.78, 5) is 20.1. The Morgan fingerprint density at radius 3 is 2.56 bits per heavy atom. The summed E-state index contributed by atoms with van der Waals surface area (Å²) in [6.07, 6.45) is 3.50. The van der Waals surface area contributed by atoms with Crippen LogP contribution in [0.4, 0.5) is 5.69 Å². The molecule has 0 bridgehead atoms. The molecule has 2 aromatic carbocycles. The molecule has 7 heteroatoms. The van der Waals surface area contributed by atoms with Crippen LogP contribution in [0, 0.1) is 0 Å². The van der Waals surface area contributed by atoms with Crippen LogP contribution in [0.3, 0.4) is 0 Å². The minimum Gasteiger partial charge on any atom is -0.490 e. The minimum absolute atomic E-state index is 0.0673. The Balaban J connectivity index is 2.15. The predicted octanol–water partition coefficient (Wildman–Crippen LogP) is 5.80. The average Bonchev–Trinajstić information content (AvgIpc) is 2.78. The molecule has 0 unspecified atom stereocenters. The van der Waals surface area contributed by atoms with Crippen LogP contribution in [-0.2, 0) is 0 Å². The monoisotopic (exact) mass is 498 g/mol. The van der Waals surface area contributed by atoms with E-state index in [0.29, 0.717) is 16.7 Å². The van der Waals surface area contributed by atoms with Crippen LogP contribution in [0.25, 0.3) is 10.9 Å². The van der Waals surface area contributed by atoms with Gasteiger partial charge in [-0.05, 0) is 50.1 Å². The summed E-state index contributed by atoms with van der Waals surface area (Å²) < 4.78 is 8.42. The summed E-state index contributed by atoms with van der Waals surface area (Å²) in [5.41, 5.74) is 2.34. The molecule has 32 heavy (non-hydrogen) atoms.